The third-order valence-electron chi connectivity index (χ3n) is 2.89. The first-order valence-corrected chi connectivity index (χ1v) is 5.17. The highest BCUT2D eigenvalue weighted by molar-refractivity contribution is 5.81. The highest BCUT2D eigenvalue weighted by Gasteiger charge is 2.37. The molecule has 2 atom stereocenters. The number of hydrogen-bond acceptors (Lipinski definition) is 2. The van der Waals surface area contributed by atoms with E-state index in [2.05, 4.69) is 5.32 Å². The molecule has 0 bridgehead atoms. The van der Waals surface area contributed by atoms with Crippen molar-refractivity contribution in [2.45, 2.75) is 25.3 Å². The van der Waals surface area contributed by atoms with Crippen molar-refractivity contribution >= 4 is 11.9 Å². The van der Waals surface area contributed by atoms with E-state index in [9.17, 15) is 14.7 Å². The Labute approximate surface area is 93.3 Å². The number of carboxylic acid groups (broad SMARTS) is 1. The molecule has 1 aromatic carbocycles. The van der Waals surface area contributed by atoms with E-state index in [1.165, 1.54) is 6.92 Å². The predicted molar refractivity (Wildman–Crippen MR) is 58.1 cm³/mol. The summed E-state index contributed by atoms with van der Waals surface area (Å²) < 4.78 is 0. The van der Waals surface area contributed by atoms with Crippen LogP contribution in [0, 0.1) is 0 Å². The highest BCUT2D eigenvalue weighted by Crippen LogP contribution is 2.33. The second-order valence-corrected chi connectivity index (χ2v) is 4.03. The maximum Gasteiger partial charge on any atom is 0.313 e. The number of hydrogen-bond donors (Lipinski definition) is 2. The molecule has 1 amide bonds. The van der Waals surface area contributed by atoms with Gasteiger partial charge in [0.15, 0.2) is 0 Å². The number of nitrogens with one attached hydrogen (secondary N) is 1. The Hall–Kier alpha value is -1.84. The van der Waals surface area contributed by atoms with Crippen LogP contribution in [0.4, 0.5) is 0 Å². The van der Waals surface area contributed by atoms with Gasteiger partial charge in [0.1, 0.15) is 5.92 Å². The summed E-state index contributed by atoms with van der Waals surface area (Å²) in [7, 11) is 0. The van der Waals surface area contributed by atoms with Crippen molar-refractivity contribution in [2.75, 3.05) is 0 Å². The van der Waals surface area contributed by atoms with Crippen LogP contribution in [0.3, 0.4) is 0 Å². The zero-order valence-electron chi connectivity index (χ0n) is 8.93. The second kappa shape index (κ2) is 3.96. The number of aliphatic carboxylic acids is 1. The Balaban J connectivity index is 2.33. The van der Waals surface area contributed by atoms with Crippen LogP contribution in [-0.2, 0) is 16.0 Å². The molecule has 0 spiro atoms. The molecule has 16 heavy (non-hydrogen) atoms. The van der Waals surface area contributed by atoms with Crippen LogP contribution in [0.2, 0.25) is 0 Å². The number of carboxylic acids is 1. The van der Waals surface area contributed by atoms with E-state index in [1.807, 2.05) is 24.3 Å². The molecular formula is C12H13NO3. The lowest BCUT2D eigenvalue weighted by atomic mass is 9.98. The summed E-state index contributed by atoms with van der Waals surface area (Å²) in [6.07, 6.45) is 0.590. The molecule has 0 heterocycles. The van der Waals surface area contributed by atoms with E-state index in [0.717, 1.165) is 11.1 Å². The summed E-state index contributed by atoms with van der Waals surface area (Å²) in [5, 5.41) is 11.9. The monoisotopic (exact) mass is 219 g/mol. The van der Waals surface area contributed by atoms with Crippen LogP contribution in [0.5, 0.6) is 0 Å². The molecule has 1 aromatic rings. The lowest BCUT2D eigenvalue weighted by Crippen LogP contribution is -2.39. The summed E-state index contributed by atoms with van der Waals surface area (Å²) >= 11 is 0. The third kappa shape index (κ3) is 1.78. The molecule has 0 saturated heterocycles. The Morgan fingerprint density at radius 2 is 2.06 bits per heavy atom. The number of benzene rings is 1. The first-order valence-electron chi connectivity index (χ1n) is 5.17. The number of amides is 1. The van der Waals surface area contributed by atoms with Gasteiger partial charge in [-0.05, 0) is 17.5 Å². The minimum atomic E-state index is -0.885. The smallest absolute Gasteiger partial charge is 0.313 e. The van der Waals surface area contributed by atoms with Crippen molar-refractivity contribution in [3.05, 3.63) is 35.4 Å². The van der Waals surface area contributed by atoms with Crippen molar-refractivity contribution < 1.29 is 14.7 Å². The number of fused-ring (bicyclic) bond motifs is 1. The van der Waals surface area contributed by atoms with Gasteiger partial charge >= 0.3 is 5.97 Å². The van der Waals surface area contributed by atoms with E-state index in [1.54, 1.807) is 0 Å². The normalized spacial score (nSPS) is 22.6. The van der Waals surface area contributed by atoms with E-state index in [0.29, 0.717) is 6.42 Å². The lowest BCUT2D eigenvalue weighted by molar-refractivity contribution is -0.139. The lowest BCUT2D eigenvalue weighted by Gasteiger charge is -2.16. The molecular weight excluding hydrogens is 206 g/mol. The molecule has 2 N–H and O–H groups in total. The van der Waals surface area contributed by atoms with Crippen LogP contribution >= 0.6 is 0 Å². The fourth-order valence-corrected chi connectivity index (χ4v) is 2.30. The average molecular weight is 219 g/mol. The molecule has 1 aliphatic rings. The molecule has 0 radical (unpaired) electrons. The van der Waals surface area contributed by atoms with Crippen LogP contribution in [0.25, 0.3) is 0 Å². The zero-order valence-corrected chi connectivity index (χ0v) is 8.93. The van der Waals surface area contributed by atoms with E-state index >= 15 is 0 Å². The molecule has 1 aliphatic carbocycles. The Morgan fingerprint density at radius 3 is 2.69 bits per heavy atom. The van der Waals surface area contributed by atoms with Crippen LogP contribution in [0.15, 0.2) is 24.3 Å². The summed E-state index contributed by atoms with van der Waals surface area (Å²) in [6, 6.07) is 7.11. The van der Waals surface area contributed by atoms with E-state index in [-0.39, 0.29) is 11.9 Å². The first kappa shape index (κ1) is 10.7. The first-order chi connectivity index (χ1) is 7.59. The van der Waals surface area contributed by atoms with Crippen molar-refractivity contribution in [1.82, 2.24) is 5.32 Å². The second-order valence-electron chi connectivity index (χ2n) is 4.03. The molecule has 4 heteroatoms. The van der Waals surface area contributed by atoms with E-state index in [4.69, 9.17) is 0 Å². The molecule has 2 unspecified atom stereocenters. The van der Waals surface area contributed by atoms with E-state index < -0.39 is 11.9 Å². The molecule has 4 nitrogen and oxygen atoms in total. The van der Waals surface area contributed by atoms with Gasteiger partial charge in [0, 0.05) is 6.92 Å². The van der Waals surface area contributed by atoms with Crippen molar-refractivity contribution in [3.63, 3.8) is 0 Å². The standard InChI is InChI=1S/C12H13NO3/c1-7(14)13-10-6-8-4-2-3-5-9(8)11(10)12(15)16/h2-5,10-11H,6H2,1H3,(H,13,14)(H,15,16). The Bertz CT molecular complexity index is 442. The molecule has 2 rings (SSSR count). The summed E-state index contributed by atoms with van der Waals surface area (Å²) in [5.74, 6) is -1.70. The van der Waals surface area contributed by atoms with Gasteiger partial charge in [-0.2, -0.15) is 0 Å². The fourth-order valence-electron chi connectivity index (χ4n) is 2.30. The van der Waals surface area contributed by atoms with Gasteiger partial charge < -0.3 is 10.4 Å². The highest BCUT2D eigenvalue weighted by atomic mass is 16.4. The molecule has 84 valence electrons. The molecule has 0 aliphatic heterocycles. The van der Waals surface area contributed by atoms with Crippen molar-refractivity contribution in [2.24, 2.45) is 0 Å². The van der Waals surface area contributed by atoms with Gasteiger partial charge in [0.05, 0.1) is 6.04 Å². The van der Waals surface area contributed by atoms with Crippen LogP contribution in [-0.4, -0.2) is 23.0 Å². The molecule has 0 aromatic heterocycles. The maximum atomic E-state index is 11.2. The largest absolute Gasteiger partial charge is 0.481 e. The molecule has 0 saturated carbocycles. The predicted octanol–water partition coefficient (Wildman–Crippen LogP) is 0.916. The fraction of sp³-hybridized carbons (Fsp3) is 0.333. The summed E-state index contributed by atoms with van der Waals surface area (Å²) in [5.41, 5.74) is 1.82. The quantitative estimate of drug-likeness (QED) is 0.777. The number of rotatable bonds is 2. The zero-order chi connectivity index (χ0) is 11.7. The Kier molecular flexibility index (Phi) is 2.64. The number of carbonyl (C=O) groups excluding carboxylic acids is 1. The van der Waals surface area contributed by atoms with Gasteiger partial charge in [-0.3, -0.25) is 9.59 Å². The topological polar surface area (TPSA) is 66.4 Å². The van der Waals surface area contributed by atoms with Crippen LogP contribution in [0.1, 0.15) is 24.0 Å². The summed E-state index contributed by atoms with van der Waals surface area (Å²) in [4.78, 5) is 22.2. The molecule has 0 fully saturated rings. The SMILES string of the molecule is CC(=O)NC1Cc2ccccc2C1C(=O)O. The van der Waals surface area contributed by atoms with Gasteiger partial charge in [-0.25, -0.2) is 0 Å². The van der Waals surface area contributed by atoms with Crippen molar-refractivity contribution in [1.29, 1.82) is 0 Å². The van der Waals surface area contributed by atoms with Gasteiger partial charge in [-0.15, -0.1) is 0 Å². The van der Waals surface area contributed by atoms with Gasteiger partial charge in [0.2, 0.25) is 5.91 Å². The maximum absolute atomic E-state index is 11.2. The van der Waals surface area contributed by atoms with Gasteiger partial charge in [-0.1, -0.05) is 24.3 Å². The van der Waals surface area contributed by atoms with Crippen molar-refractivity contribution in [3.8, 4) is 0 Å². The number of carbonyl (C=O) groups is 2. The minimum Gasteiger partial charge on any atom is -0.481 e. The third-order valence-corrected chi connectivity index (χ3v) is 2.89. The average Bonchev–Trinajstić information content (AvgIpc) is 2.53. The minimum absolute atomic E-state index is 0.191. The summed E-state index contributed by atoms with van der Waals surface area (Å²) in [6.45, 7) is 1.40. The Morgan fingerprint density at radius 1 is 1.38 bits per heavy atom. The van der Waals surface area contributed by atoms with Gasteiger partial charge in [0.25, 0.3) is 0 Å². The van der Waals surface area contributed by atoms with Crippen LogP contribution < -0.4 is 5.32 Å².